The zero-order valence-corrected chi connectivity index (χ0v) is 19.5. The van der Waals surface area contributed by atoms with Crippen LogP contribution in [0.2, 0.25) is 0 Å². The zero-order valence-electron chi connectivity index (χ0n) is 19.5. The summed E-state index contributed by atoms with van der Waals surface area (Å²) in [6.45, 7) is 7.06. The third-order valence-electron chi connectivity index (χ3n) is 5.45. The van der Waals surface area contributed by atoms with Crippen molar-refractivity contribution in [3.05, 3.63) is 108 Å². The van der Waals surface area contributed by atoms with Crippen LogP contribution in [0.25, 0.3) is 0 Å². The summed E-state index contributed by atoms with van der Waals surface area (Å²) in [6, 6.07) is 31.1. The number of para-hydroxylation sites is 5. The molecule has 0 aromatic heterocycles. The molecule has 4 aromatic rings. The van der Waals surface area contributed by atoms with E-state index in [9.17, 15) is 10.2 Å². The van der Waals surface area contributed by atoms with Gasteiger partial charge in [0.25, 0.3) is 0 Å². The highest BCUT2D eigenvalue weighted by molar-refractivity contribution is 5.71. The van der Waals surface area contributed by atoms with Gasteiger partial charge in [-0.15, -0.1) is 0 Å². The number of phenols is 2. The monoisotopic (exact) mass is 440 g/mol. The maximum atomic E-state index is 9.92. The van der Waals surface area contributed by atoms with Gasteiger partial charge in [-0.05, 0) is 67.8 Å². The number of aryl methyl sites for hydroxylation is 2. The lowest BCUT2D eigenvalue weighted by atomic mass is 10.1. The molecule has 33 heavy (non-hydrogen) atoms. The Morgan fingerprint density at radius 3 is 1.91 bits per heavy atom. The first kappa shape index (κ1) is 23.7. The number of phenolic OH excluding ortho intramolecular Hbond substituents is 2. The summed E-state index contributed by atoms with van der Waals surface area (Å²) < 4.78 is 0. The summed E-state index contributed by atoms with van der Waals surface area (Å²) >= 11 is 0. The Labute approximate surface area is 196 Å². The van der Waals surface area contributed by atoms with Crippen LogP contribution in [-0.2, 0) is 6.42 Å². The van der Waals surface area contributed by atoms with Crippen LogP contribution in [0.3, 0.4) is 0 Å². The van der Waals surface area contributed by atoms with Crippen LogP contribution < -0.4 is 10.2 Å². The number of hydrogen-bond donors (Lipinski definition) is 3. The molecule has 0 radical (unpaired) electrons. The highest BCUT2D eigenvalue weighted by Crippen LogP contribution is 2.34. The highest BCUT2D eigenvalue weighted by Gasteiger charge is 2.12. The number of hydrogen-bond acceptors (Lipinski definition) is 4. The van der Waals surface area contributed by atoms with Crippen LogP contribution in [0.4, 0.5) is 22.7 Å². The lowest BCUT2D eigenvalue weighted by molar-refractivity contribution is 0.475. The molecule has 0 aliphatic rings. The van der Waals surface area contributed by atoms with E-state index in [2.05, 4.69) is 43.1 Å². The fourth-order valence-corrected chi connectivity index (χ4v) is 3.72. The second-order valence-electron chi connectivity index (χ2n) is 7.68. The van der Waals surface area contributed by atoms with Crippen molar-refractivity contribution < 1.29 is 10.2 Å². The third kappa shape index (κ3) is 6.07. The van der Waals surface area contributed by atoms with E-state index in [1.54, 1.807) is 12.1 Å². The number of nitrogens with one attached hydrogen (secondary N) is 1. The van der Waals surface area contributed by atoms with E-state index in [4.69, 9.17) is 0 Å². The van der Waals surface area contributed by atoms with Crippen LogP contribution in [-0.4, -0.2) is 16.8 Å². The van der Waals surface area contributed by atoms with Crippen LogP contribution in [0.1, 0.15) is 25.0 Å². The zero-order chi connectivity index (χ0) is 23.6. The van der Waals surface area contributed by atoms with Gasteiger partial charge < -0.3 is 20.4 Å². The summed E-state index contributed by atoms with van der Waals surface area (Å²) in [5.41, 5.74) is 6.09. The van der Waals surface area contributed by atoms with Gasteiger partial charge in [-0.2, -0.15) is 0 Å². The quantitative estimate of drug-likeness (QED) is 0.271. The molecule has 4 heteroatoms. The SMILES string of the molecule is CCN(c1ccccc1C)c1ccccc1O.CCc1cccc(O)c1Nc1ccccc1. The standard InChI is InChI=1S/C15H17NO.C14H15NO/c1-3-16(13-9-5-4-8-12(13)2)14-10-6-7-11-15(14)17;1-2-11-7-6-10-13(16)14(11)15-12-8-4-3-5-9-12/h4-11,17H,3H2,1-2H3;3-10,15-16H,2H2,1H3. The predicted octanol–water partition coefficient (Wildman–Crippen LogP) is 7.56. The summed E-state index contributed by atoms with van der Waals surface area (Å²) in [4.78, 5) is 2.12. The molecule has 3 N–H and O–H groups in total. The van der Waals surface area contributed by atoms with E-state index < -0.39 is 0 Å². The number of benzene rings is 4. The number of nitrogens with zero attached hydrogens (tertiary/aromatic N) is 1. The second-order valence-corrected chi connectivity index (χ2v) is 7.68. The molecular formula is C29H32N2O2. The van der Waals surface area contributed by atoms with Crippen molar-refractivity contribution in [3.63, 3.8) is 0 Å². The lowest BCUT2D eigenvalue weighted by Crippen LogP contribution is -2.17. The summed E-state index contributed by atoms with van der Waals surface area (Å²) in [7, 11) is 0. The number of rotatable bonds is 6. The van der Waals surface area contributed by atoms with E-state index in [1.165, 1.54) is 5.56 Å². The van der Waals surface area contributed by atoms with Gasteiger partial charge in [0.05, 0.1) is 11.4 Å². The minimum absolute atomic E-state index is 0.295. The topological polar surface area (TPSA) is 55.7 Å². The Morgan fingerprint density at radius 2 is 1.27 bits per heavy atom. The molecule has 170 valence electrons. The fraction of sp³-hybridized carbons (Fsp3) is 0.172. The average molecular weight is 441 g/mol. The van der Waals surface area contributed by atoms with Crippen molar-refractivity contribution in [2.45, 2.75) is 27.2 Å². The summed E-state index contributed by atoms with van der Waals surface area (Å²) in [6.07, 6.45) is 0.892. The normalized spacial score (nSPS) is 10.2. The molecule has 4 rings (SSSR count). The van der Waals surface area contributed by atoms with Crippen molar-refractivity contribution in [2.75, 3.05) is 16.8 Å². The maximum absolute atomic E-state index is 9.92. The summed E-state index contributed by atoms with van der Waals surface area (Å²) in [5, 5.41) is 23.0. The van der Waals surface area contributed by atoms with Crippen molar-refractivity contribution in [1.29, 1.82) is 0 Å². The van der Waals surface area contributed by atoms with E-state index in [0.29, 0.717) is 11.5 Å². The van der Waals surface area contributed by atoms with Crippen molar-refractivity contribution in [2.24, 2.45) is 0 Å². The van der Waals surface area contributed by atoms with Gasteiger partial charge in [0.15, 0.2) is 0 Å². The molecule has 0 atom stereocenters. The molecule has 4 aromatic carbocycles. The second kappa shape index (κ2) is 11.6. The predicted molar refractivity (Wildman–Crippen MR) is 139 cm³/mol. The number of anilines is 4. The van der Waals surface area contributed by atoms with E-state index >= 15 is 0 Å². The minimum Gasteiger partial charge on any atom is -0.506 e. The van der Waals surface area contributed by atoms with Crippen LogP contribution >= 0.6 is 0 Å². The lowest BCUT2D eigenvalue weighted by Gasteiger charge is -2.25. The molecular weight excluding hydrogens is 408 g/mol. The van der Waals surface area contributed by atoms with Crippen molar-refractivity contribution >= 4 is 22.7 Å². The van der Waals surface area contributed by atoms with Crippen molar-refractivity contribution in [1.82, 2.24) is 0 Å². The van der Waals surface area contributed by atoms with Gasteiger partial charge in [-0.1, -0.05) is 67.6 Å². The molecule has 4 nitrogen and oxygen atoms in total. The Hall–Kier alpha value is -3.92. The largest absolute Gasteiger partial charge is 0.506 e. The van der Waals surface area contributed by atoms with Crippen LogP contribution in [0.15, 0.2) is 97.1 Å². The molecule has 0 bridgehead atoms. The maximum Gasteiger partial charge on any atom is 0.139 e. The first-order valence-corrected chi connectivity index (χ1v) is 11.3. The Balaban J connectivity index is 0.000000186. The molecule has 0 unspecified atom stereocenters. The Morgan fingerprint density at radius 1 is 0.667 bits per heavy atom. The van der Waals surface area contributed by atoms with Gasteiger partial charge in [-0.25, -0.2) is 0 Å². The van der Waals surface area contributed by atoms with Gasteiger partial charge in [0, 0.05) is 17.9 Å². The average Bonchev–Trinajstić information content (AvgIpc) is 2.84. The first-order valence-electron chi connectivity index (χ1n) is 11.3. The Kier molecular flexibility index (Phi) is 8.36. The minimum atomic E-state index is 0.295. The third-order valence-corrected chi connectivity index (χ3v) is 5.45. The van der Waals surface area contributed by atoms with E-state index in [1.807, 2.05) is 72.8 Å². The first-order chi connectivity index (χ1) is 16.0. The highest BCUT2D eigenvalue weighted by atomic mass is 16.3. The van der Waals surface area contributed by atoms with Gasteiger partial charge in [-0.3, -0.25) is 0 Å². The van der Waals surface area contributed by atoms with Crippen molar-refractivity contribution in [3.8, 4) is 11.5 Å². The number of aromatic hydroxyl groups is 2. The van der Waals surface area contributed by atoms with Gasteiger partial charge in [0.2, 0.25) is 0 Å². The van der Waals surface area contributed by atoms with Crippen LogP contribution in [0, 0.1) is 6.92 Å². The Bertz CT molecular complexity index is 1110. The fourth-order valence-electron chi connectivity index (χ4n) is 3.72. The molecule has 0 saturated heterocycles. The van der Waals surface area contributed by atoms with Crippen LogP contribution in [0.5, 0.6) is 11.5 Å². The molecule has 0 saturated carbocycles. The van der Waals surface area contributed by atoms with Gasteiger partial charge >= 0.3 is 0 Å². The molecule has 0 fully saturated rings. The van der Waals surface area contributed by atoms with Gasteiger partial charge in [0.1, 0.15) is 11.5 Å². The molecule has 0 amide bonds. The molecule has 0 aliphatic carbocycles. The summed E-state index contributed by atoms with van der Waals surface area (Å²) in [5.74, 6) is 0.612. The molecule has 0 heterocycles. The molecule has 0 aliphatic heterocycles. The smallest absolute Gasteiger partial charge is 0.139 e. The van der Waals surface area contributed by atoms with E-state index in [0.717, 1.165) is 41.3 Å². The molecule has 0 spiro atoms. The van der Waals surface area contributed by atoms with E-state index in [-0.39, 0.29) is 0 Å².